The highest BCUT2D eigenvalue weighted by atomic mass is 32.1. The number of amides is 3. The molecule has 6 nitrogen and oxygen atoms in total. The van der Waals surface area contributed by atoms with Crippen molar-refractivity contribution in [3.63, 3.8) is 0 Å². The second-order valence-corrected chi connectivity index (χ2v) is 5.61. The number of hydrogen-bond donors (Lipinski definition) is 2. The Hall–Kier alpha value is -2.67. The zero-order valence-corrected chi connectivity index (χ0v) is 12.2. The van der Waals surface area contributed by atoms with E-state index in [4.69, 9.17) is 5.11 Å². The van der Waals surface area contributed by atoms with Crippen LogP contribution >= 0.6 is 11.3 Å². The molecule has 0 saturated carbocycles. The van der Waals surface area contributed by atoms with Gasteiger partial charge in [0.2, 0.25) is 0 Å². The summed E-state index contributed by atoms with van der Waals surface area (Å²) >= 11 is 1.42. The van der Waals surface area contributed by atoms with Crippen LogP contribution in [0.1, 0.15) is 32.3 Å². The van der Waals surface area contributed by atoms with E-state index in [0.29, 0.717) is 11.1 Å². The predicted molar refractivity (Wildman–Crippen MR) is 80.0 cm³/mol. The fourth-order valence-electron chi connectivity index (χ4n) is 2.44. The van der Waals surface area contributed by atoms with E-state index in [1.54, 1.807) is 35.7 Å². The van der Waals surface area contributed by atoms with Gasteiger partial charge in [-0.1, -0.05) is 12.1 Å². The van der Waals surface area contributed by atoms with Gasteiger partial charge < -0.3 is 10.4 Å². The summed E-state index contributed by atoms with van der Waals surface area (Å²) in [6, 6.07) is 7.70. The molecule has 1 unspecified atom stereocenters. The Balaban J connectivity index is 1.87. The first kappa shape index (κ1) is 14.3. The summed E-state index contributed by atoms with van der Waals surface area (Å²) in [6.07, 6.45) is -1.20. The molecule has 2 heterocycles. The van der Waals surface area contributed by atoms with Crippen LogP contribution in [0.25, 0.3) is 0 Å². The predicted octanol–water partition coefficient (Wildman–Crippen LogP) is 2.35. The van der Waals surface area contributed by atoms with Gasteiger partial charge in [-0.05, 0) is 34.5 Å². The summed E-state index contributed by atoms with van der Waals surface area (Å²) in [6.45, 7) is -0.0324. The summed E-state index contributed by atoms with van der Waals surface area (Å²) < 4.78 is 0. The summed E-state index contributed by atoms with van der Waals surface area (Å²) in [7, 11) is 0. The number of imide groups is 1. The van der Waals surface area contributed by atoms with E-state index in [2.05, 4.69) is 5.32 Å². The minimum Gasteiger partial charge on any atom is -0.465 e. The molecule has 3 rings (SSSR count). The van der Waals surface area contributed by atoms with E-state index in [1.807, 2.05) is 5.38 Å². The zero-order chi connectivity index (χ0) is 15.7. The van der Waals surface area contributed by atoms with Crippen LogP contribution in [0.3, 0.4) is 0 Å². The Morgan fingerprint density at radius 2 is 1.82 bits per heavy atom. The molecular formula is C15H12N2O4S. The Morgan fingerprint density at radius 3 is 2.32 bits per heavy atom. The minimum atomic E-state index is -1.20. The molecule has 22 heavy (non-hydrogen) atoms. The molecule has 0 spiro atoms. The van der Waals surface area contributed by atoms with Crippen LogP contribution < -0.4 is 5.32 Å². The highest BCUT2D eigenvalue weighted by Gasteiger charge is 2.36. The fraction of sp³-hybridized carbons (Fsp3) is 0.133. The molecule has 0 saturated heterocycles. The summed E-state index contributed by atoms with van der Waals surface area (Å²) in [5.41, 5.74) is 1.43. The van der Waals surface area contributed by atoms with Crippen molar-refractivity contribution in [2.24, 2.45) is 0 Å². The van der Waals surface area contributed by atoms with Gasteiger partial charge >= 0.3 is 6.09 Å². The number of thiophene rings is 1. The number of fused-ring (bicyclic) bond motifs is 1. The number of rotatable bonds is 4. The molecule has 1 aliphatic rings. The first-order chi connectivity index (χ1) is 10.6. The standard InChI is InChI=1S/C15H12N2O4S/c18-13-10-3-1-2-4-11(10)14(19)17(13)7-12(16-15(20)21)9-5-6-22-8-9/h1-6,8,12,16H,7H2,(H,20,21). The van der Waals surface area contributed by atoms with E-state index in [1.165, 1.54) is 11.3 Å². The van der Waals surface area contributed by atoms with Crippen LogP contribution in [0.5, 0.6) is 0 Å². The average Bonchev–Trinajstić information content (AvgIpc) is 3.10. The van der Waals surface area contributed by atoms with Gasteiger partial charge in [-0.15, -0.1) is 0 Å². The Morgan fingerprint density at radius 1 is 1.18 bits per heavy atom. The zero-order valence-electron chi connectivity index (χ0n) is 11.4. The van der Waals surface area contributed by atoms with Gasteiger partial charge in [0.05, 0.1) is 23.7 Å². The van der Waals surface area contributed by atoms with E-state index in [0.717, 1.165) is 10.5 Å². The molecule has 0 fully saturated rings. The number of carbonyl (C=O) groups is 3. The van der Waals surface area contributed by atoms with Gasteiger partial charge in [0.25, 0.3) is 11.8 Å². The van der Waals surface area contributed by atoms with Crippen LogP contribution in [-0.2, 0) is 0 Å². The maximum atomic E-state index is 12.3. The van der Waals surface area contributed by atoms with E-state index >= 15 is 0 Å². The first-order valence-electron chi connectivity index (χ1n) is 6.54. The fourth-order valence-corrected chi connectivity index (χ4v) is 3.16. The molecule has 112 valence electrons. The molecule has 0 radical (unpaired) electrons. The van der Waals surface area contributed by atoms with Crippen LogP contribution in [0, 0.1) is 0 Å². The smallest absolute Gasteiger partial charge is 0.405 e. The summed E-state index contributed by atoms with van der Waals surface area (Å²) in [5.74, 6) is -0.791. The third-order valence-corrected chi connectivity index (χ3v) is 4.19. The van der Waals surface area contributed by atoms with Gasteiger partial charge in [-0.2, -0.15) is 11.3 Å². The van der Waals surface area contributed by atoms with Crippen LogP contribution in [-0.4, -0.2) is 34.5 Å². The molecule has 2 aromatic rings. The van der Waals surface area contributed by atoms with Crippen molar-refractivity contribution in [2.45, 2.75) is 6.04 Å². The van der Waals surface area contributed by atoms with Crippen molar-refractivity contribution < 1.29 is 19.5 Å². The lowest BCUT2D eigenvalue weighted by Crippen LogP contribution is -2.40. The van der Waals surface area contributed by atoms with Crippen molar-refractivity contribution in [3.8, 4) is 0 Å². The Labute approximate surface area is 130 Å². The van der Waals surface area contributed by atoms with Crippen LogP contribution in [0.4, 0.5) is 4.79 Å². The van der Waals surface area contributed by atoms with Crippen molar-refractivity contribution in [3.05, 3.63) is 57.8 Å². The quantitative estimate of drug-likeness (QED) is 0.848. The number of nitrogens with zero attached hydrogens (tertiary/aromatic N) is 1. The summed E-state index contributed by atoms with van der Waals surface area (Å²) in [4.78, 5) is 36.7. The SMILES string of the molecule is O=C(O)NC(CN1C(=O)c2ccccc2C1=O)c1ccsc1. The maximum Gasteiger partial charge on any atom is 0.405 e. The maximum absolute atomic E-state index is 12.3. The molecule has 0 aliphatic carbocycles. The molecule has 2 N–H and O–H groups in total. The number of carbonyl (C=O) groups excluding carboxylic acids is 2. The van der Waals surface area contributed by atoms with E-state index in [9.17, 15) is 14.4 Å². The van der Waals surface area contributed by atoms with Crippen molar-refractivity contribution in [2.75, 3.05) is 6.54 Å². The second kappa shape index (κ2) is 5.61. The molecule has 7 heteroatoms. The van der Waals surface area contributed by atoms with Gasteiger partial charge in [0, 0.05) is 0 Å². The molecular weight excluding hydrogens is 304 g/mol. The summed E-state index contributed by atoms with van der Waals surface area (Å²) in [5, 5.41) is 14.9. The molecule has 3 amide bonds. The van der Waals surface area contributed by atoms with Crippen LogP contribution in [0.15, 0.2) is 41.1 Å². The first-order valence-corrected chi connectivity index (χ1v) is 7.49. The molecule has 1 aliphatic heterocycles. The van der Waals surface area contributed by atoms with Gasteiger partial charge in [-0.3, -0.25) is 14.5 Å². The molecule has 1 aromatic carbocycles. The monoisotopic (exact) mass is 316 g/mol. The third kappa shape index (κ3) is 2.46. The number of hydrogen-bond acceptors (Lipinski definition) is 4. The minimum absolute atomic E-state index is 0.0324. The van der Waals surface area contributed by atoms with Crippen LogP contribution in [0.2, 0.25) is 0 Å². The van der Waals surface area contributed by atoms with Gasteiger partial charge in [-0.25, -0.2) is 4.79 Å². The number of carboxylic acid groups (broad SMARTS) is 1. The van der Waals surface area contributed by atoms with Crippen molar-refractivity contribution in [1.29, 1.82) is 0 Å². The molecule has 1 aromatic heterocycles. The van der Waals surface area contributed by atoms with E-state index < -0.39 is 23.9 Å². The largest absolute Gasteiger partial charge is 0.465 e. The normalized spacial score (nSPS) is 14.8. The number of nitrogens with one attached hydrogen (secondary N) is 1. The van der Waals surface area contributed by atoms with Crippen molar-refractivity contribution >= 4 is 29.2 Å². The topological polar surface area (TPSA) is 86.7 Å². The second-order valence-electron chi connectivity index (χ2n) is 4.83. The molecule has 0 bridgehead atoms. The third-order valence-electron chi connectivity index (χ3n) is 3.49. The average molecular weight is 316 g/mol. The van der Waals surface area contributed by atoms with Gasteiger partial charge in [0.15, 0.2) is 0 Å². The highest BCUT2D eigenvalue weighted by molar-refractivity contribution is 7.08. The lowest BCUT2D eigenvalue weighted by Gasteiger charge is -2.22. The van der Waals surface area contributed by atoms with E-state index in [-0.39, 0.29) is 6.54 Å². The lowest BCUT2D eigenvalue weighted by atomic mass is 10.1. The lowest BCUT2D eigenvalue weighted by molar-refractivity contribution is 0.0636. The highest BCUT2D eigenvalue weighted by Crippen LogP contribution is 2.26. The Kier molecular flexibility index (Phi) is 3.64. The van der Waals surface area contributed by atoms with Gasteiger partial charge in [0.1, 0.15) is 0 Å². The van der Waals surface area contributed by atoms with Crippen molar-refractivity contribution in [1.82, 2.24) is 10.2 Å². The Bertz CT molecular complexity index is 707. The number of benzene rings is 1. The molecule has 1 atom stereocenters.